The van der Waals surface area contributed by atoms with Crippen molar-refractivity contribution in [3.8, 4) is 11.5 Å². The van der Waals surface area contributed by atoms with Crippen LogP contribution in [0.5, 0.6) is 11.5 Å². The quantitative estimate of drug-likeness (QED) is 0.573. The standard InChI is InChI=1S/C22H33N5O2/c1-5-24-22(25-10-8-18-14-19(28-3)6-7-21(18)29-4)26-12-9-17(2)20(15-26)27-13-11-23-16-27/h6-7,11,13-14,16-17,20H,5,8-10,12,15H2,1-4H3,(H,24,25). The number of imidazole rings is 1. The molecule has 7 nitrogen and oxygen atoms in total. The van der Waals surface area contributed by atoms with Crippen LogP contribution in [0.4, 0.5) is 0 Å². The monoisotopic (exact) mass is 399 g/mol. The predicted octanol–water partition coefficient (Wildman–Crippen LogP) is 2.99. The number of hydrogen-bond acceptors (Lipinski definition) is 4. The van der Waals surface area contributed by atoms with Crippen molar-refractivity contribution in [3.63, 3.8) is 0 Å². The number of hydrogen-bond donors (Lipinski definition) is 1. The summed E-state index contributed by atoms with van der Waals surface area (Å²) in [4.78, 5) is 11.5. The Kier molecular flexibility index (Phi) is 7.38. The Labute approximate surface area is 173 Å². The summed E-state index contributed by atoms with van der Waals surface area (Å²) in [5, 5.41) is 3.47. The van der Waals surface area contributed by atoms with E-state index in [1.165, 1.54) is 0 Å². The van der Waals surface area contributed by atoms with E-state index in [2.05, 4.69) is 39.8 Å². The van der Waals surface area contributed by atoms with E-state index < -0.39 is 0 Å². The lowest BCUT2D eigenvalue weighted by Gasteiger charge is -2.39. The number of ether oxygens (including phenoxy) is 2. The van der Waals surface area contributed by atoms with Crippen molar-refractivity contribution in [1.82, 2.24) is 19.8 Å². The molecule has 2 unspecified atom stereocenters. The molecule has 0 bridgehead atoms. The van der Waals surface area contributed by atoms with E-state index in [9.17, 15) is 0 Å². The lowest BCUT2D eigenvalue weighted by Crippen LogP contribution is -2.49. The van der Waals surface area contributed by atoms with E-state index in [-0.39, 0.29) is 0 Å². The summed E-state index contributed by atoms with van der Waals surface area (Å²) in [7, 11) is 3.38. The first kappa shape index (κ1) is 21.0. The fourth-order valence-electron chi connectivity index (χ4n) is 3.88. The minimum Gasteiger partial charge on any atom is -0.497 e. The summed E-state index contributed by atoms with van der Waals surface area (Å²) in [5.41, 5.74) is 1.11. The molecule has 7 heteroatoms. The third-order valence-corrected chi connectivity index (χ3v) is 5.59. The number of nitrogens with zero attached hydrogens (tertiary/aromatic N) is 4. The molecule has 1 aromatic carbocycles. The van der Waals surface area contributed by atoms with Gasteiger partial charge in [-0.05, 0) is 49.4 Å². The molecule has 0 spiro atoms. The number of benzene rings is 1. The van der Waals surface area contributed by atoms with Crippen LogP contribution in [0.15, 0.2) is 41.9 Å². The lowest BCUT2D eigenvalue weighted by molar-refractivity contribution is 0.189. The van der Waals surface area contributed by atoms with Gasteiger partial charge in [-0.15, -0.1) is 0 Å². The topological polar surface area (TPSA) is 63.9 Å². The summed E-state index contributed by atoms with van der Waals surface area (Å²) in [5.74, 6) is 3.30. The van der Waals surface area contributed by atoms with Crippen LogP contribution < -0.4 is 14.8 Å². The van der Waals surface area contributed by atoms with Gasteiger partial charge in [0.05, 0.1) is 26.6 Å². The number of rotatable bonds is 7. The molecule has 29 heavy (non-hydrogen) atoms. The zero-order valence-corrected chi connectivity index (χ0v) is 18.0. The van der Waals surface area contributed by atoms with Crippen LogP contribution in [0.1, 0.15) is 31.9 Å². The van der Waals surface area contributed by atoms with Gasteiger partial charge in [0, 0.05) is 38.6 Å². The summed E-state index contributed by atoms with van der Waals surface area (Å²) in [6.07, 6.45) is 7.77. The van der Waals surface area contributed by atoms with E-state index in [1.54, 1.807) is 14.2 Å². The maximum atomic E-state index is 5.49. The molecule has 0 saturated carbocycles. The minimum absolute atomic E-state index is 0.411. The van der Waals surface area contributed by atoms with Crippen molar-refractivity contribution in [3.05, 3.63) is 42.5 Å². The molecule has 0 radical (unpaired) electrons. The Hall–Kier alpha value is -2.70. The van der Waals surface area contributed by atoms with Gasteiger partial charge in [0.25, 0.3) is 0 Å². The average Bonchev–Trinajstić information content (AvgIpc) is 3.28. The average molecular weight is 400 g/mol. The number of aliphatic imine (C=N–C) groups is 1. The summed E-state index contributed by atoms with van der Waals surface area (Å²) in [6, 6.07) is 6.30. The molecular weight excluding hydrogens is 366 g/mol. The molecule has 0 amide bonds. The number of methoxy groups -OCH3 is 2. The zero-order chi connectivity index (χ0) is 20.6. The van der Waals surface area contributed by atoms with Gasteiger partial charge in [0.2, 0.25) is 0 Å². The maximum Gasteiger partial charge on any atom is 0.193 e. The number of likely N-dealkylation sites (tertiary alicyclic amines) is 1. The largest absolute Gasteiger partial charge is 0.497 e. The summed E-state index contributed by atoms with van der Waals surface area (Å²) >= 11 is 0. The molecular formula is C22H33N5O2. The van der Waals surface area contributed by atoms with Gasteiger partial charge >= 0.3 is 0 Å². The van der Waals surface area contributed by atoms with Crippen molar-refractivity contribution in [2.75, 3.05) is 40.4 Å². The molecule has 0 aliphatic carbocycles. The fourth-order valence-corrected chi connectivity index (χ4v) is 3.88. The van der Waals surface area contributed by atoms with Crippen LogP contribution in [0, 0.1) is 5.92 Å². The van der Waals surface area contributed by atoms with Gasteiger partial charge in [0.1, 0.15) is 11.5 Å². The van der Waals surface area contributed by atoms with Gasteiger partial charge in [-0.3, -0.25) is 4.99 Å². The minimum atomic E-state index is 0.411. The van der Waals surface area contributed by atoms with Crippen molar-refractivity contribution in [2.45, 2.75) is 32.7 Å². The van der Waals surface area contributed by atoms with Crippen LogP contribution in [-0.4, -0.2) is 60.8 Å². The van der Waals surface area contributed by atoms with Gasteiger partial charge in [-0.1, -0.05) is 6.92 Å². The Balaban J connectivity index is 1.70. The molecule has 3 rings (SSSR count). The van der Waals surface area contributed by atoms with Crippen LogP contribution in [0.3, 0.4) is 0 Å². The van der Waals surface area contributed by atoms with Gasteiger partial charge in [-0.25, -0.2) is 4.98 Å². The summed E-state index contributed by atoms with van der Waals surface area (Å²) in [6.45, 7) is 7.92. The van der Waals surface area contributed by atoms with E-state index in [0.717, 1.165) is 55.5 Å². The summed E-state index contributed by atoms with van der Waals surface area (Å²) < 4.78 is 13.1. The van der Waals surface area contributed by atoms with Gasteiger partial charge in [0.15, 0.2) is 5.96 Å². The van der Waals surface area contributed by atoms with Crippen LogP contribution >= 0.6 is 0 Å². The smallest absolute Gasteiger partial charge is 0.193 e. The number of nitrogens with one attached hydrogen (secondary N) is 1. The first-order valence-corrected chi connectivity index (χ1v) is 10.4. The molecule has 2 atom stereocenters. The Bertz CT molecular complexity index is 791. The second-order valence-corrected chi connectivity index (χ2v) is 7.45. The molecule has 1 N–H and O–H groups in total. The maximum absolute atomic E-state index is 5.49. The zero-order valence-electron chi connectivity index (χ0n) is 18.0. The Morgan fingerprint density at radius 2 is 2.17 bits per heavy atom. The molecule has 2 aromatic rings. The molecule has 2 heterocycles. The first-order valence-electron chi connectivity index (χ1n) is 10.4. The third kappa shape index (κ3) is 5.22. The first-order chi connectivity index (χ1) is 14.2. The highest BCUT2D eigenvalue weighted by Crippen LogP contribution is 2.28. The van der Waals surface area contributed by atoms with E-state index in [4.69, 9.17) is 14.5 Å². The van der Waals surface area contributed by atoms with Crippen LogP contribution in [0.2, 0.25) is 0 Å². The third-order valence-electron chi connectivity index (χ3n) is 5.59. The molecule has 1 saturated heterocycles. The molecule has 158 valence electrons. The number of guanidine groups is 1. The highest BCUT2D eigenvalue weighted by molar-refractivity contribution is 5.80. The van der Waals surface area contributed by atoms with E-state index >= 15 is 0 Å². The van der Waals surface area contributed by atoms with E-state index in [1.807, 2.05) is 30.7 Å². The van der Waals surface area contributed by atoms with Crippen LogP contribution in [-0.2, 0) is 6.42 Å². The lowest BCUT2D eigenvalue weighted by atomic mass is 9.93. The molecule has 1 fully saturated rings. The molecule has 1 aromatic heterocycles. The Morgan fingerprint density at radius 3 is 2.86 bits per heavy atom. The highest BCUT2D eigenvalue weighted by atomic mass is 16.5. The normalized spacial score (nSPS) is 19.9. The molecule has 1 aliphatic rings. The number of aromatic nitrogens is 2. The SMILES string of the molecule is CCNC(=NCCc1cc(OC)ccc1OC)N1CCC(C)C(n2ccnc2)C1. The predicted molar refractivity (Wildman–Crippen MR) is 116 cm³/mol. The van der Waals surface area contributed by atoms with Gasteiger partial charge in [-0.2, -0.15) is 0 Å². The highest BCUT2D eigenvalue weighted by Gasteiger charge is 2.28. The van der Waals surface area contributed by atoms with E-state index in [0.29, 0.717) is 18.5 Å². The van der Waals surface area contributed by atoms with Crippen molar-refractivity contribution in [1.29, 1.82) is 0 Å². The van der Waals surface area contributed by atoms with Crippen molar-refractivity contribution >= 4 is 5.96 Å². The Morgan fingerprint density at radius 1 is 1.31 bits per heavy atom. The molecule has 1 aliphatic heterocycles. The van der Waals surface area contributed by atoms with Gasteiger partial charge < -0.3 is 24.3 Å². The van der Waals surface area contributed by atoms with Crippen molar-refractivity contribution < 1.29 is 9.47 Å². The second kappa shape index (κ2) is 10.2. The fraction of sp³-hybridized carbons (Fsp3) is 0.545. The second-order valence-electron chi connectivity index (χ2n) is 7.45. The van der Waals surface area contributed by atoms with Crippen LogP contribution in [0.25, 0.3) is 0 Å². The van der Waals surface area contributed by atoms with Crippen molar-refractivity contribution in [2.24, 2.45) is 10.9 Å². The number of piperidine rings is 1.